The number of esters is 1. The van der Waals surface area contributed by atoms with Gasteiger partial charge in [0.1, 0.15) is 0 Å². The zero-order chi connectivity index (χ0) is 17.7. The maximum atomic E-state index is 11.9. The van der Waals surface area contributed by atoms with Crippen LogP contribution in [0.15, 0.2) is 23.1 Å². The third-order valence-electron chi connectivity index (χ3n) is 3.12. The normalized spacial score (nSPS) is 15.8. The molecule has 0 unspecified atom stereocenters. The van der Waals surface area contributed by atoms with Gasteiger partial charge in [0.15, 0.2) is 18.1 Å². The lowest BCUT2D eigenvalue weighted by Gasteiger charge is -2.11. The molecule has 2 rings (SSSR count). The highest BCUT2D eigenvalue weighted by Gasteiger charge is 2.31. The lowest BCUT2D eigenvalue weighted by molar-refractivity contribution is -0.145. The number of hydrogen-bond acceptors (Lipinski definition) is 7. The molecule has 1 fully saturated rings. The fourth-order valence-corrected chi connectivity index (χ4v) is 2.76. The molecule has 1 aromatic carbocycles. The van der Waals surface area contributed by atoms with Crippen molar-refractivity contribution in [3.8, 4) is 11.5 Å². The highest BCUT2D eigenvalue weighted by molar-refractivity contribution is 8.18. The van der Waals surface area contributed by atoms with E-state index in [9.17, 15) is 14.4 Å². The van der Waals surface area contributed by atoms with Gasteiger partial charge < -0.3 is 14.2 Å². The monoisotopic (exact) mass is 351 g/mol. The molecule has 1 saturated heterocycles. The van der Waals surface area contributed by atoms with E-state index in [0.29, 0.717) is 22.0 Å². The molecule has 1 aromatic rings. The van der Waals surface area contributed by atoms with Crippen LogP contribution in [0.25, 0.3) is 6.08 Å². The quantitative estimate of drug-likeness (QED) is 0.574. The van der Waals surface area contributed by atoms with Crippen LogP contribution >= 0.6 is 11.8 Å². The lowest BCUT2D eigenvalue weighted by Crippen LogP contribution is -2.22. The number of nitrogens with zero attached hydrogens (tertiary/aromatic N) is 1. The van der Waals surface area contributed by atoms with Crippen molar-refractivity contribution in [2.24, 2.45) is 0 Å². The van der Waals surface area contributed by atoms with E-state index in [1.54, 1.807) is 31.2 Å². The summed E-state index contributed by atoms with van der Waals surface area (Å²) < 4.78 is 15.4. The van der Waals surface area contributed by atoms with Crippen molar-refractivity contribution in [3.05, 3.63) is 28.7 Å². The van der Waals surface area contributed by atoms with Crippen LogP contribution in [-0.2, 0) is 14.3 Å². The number of imide groups is 1. The summed E-state index contributed by atoms with van der Waals surface area (Å²) in [6.45, 7) is 1.77. The predicted molar refractivity (Wildman–Crippen MR) is 88.9 cm³/mol. The Balaban J connectivity index is 2.16. The molecule has 1 aliphatic rings. The Hall–Kier alpha value is -2.48. The summed E-state index contributed by atoms with van der Waals surface area (Å²) >= 11 is 0.879. The second-order valence-electron chi connectivity index (χ2n) is 4.74. The highest BCUT2D eigenvalue weighted by atomic mass is 32.2. The van der Waals surface area contributed by atoms with Crippen molar-refractivity contribution in [3.63, 3.8) is 0 Å². The first-order valence-corrected chi connectivity index (χ1v) is 7.96. The molecule has 1 heterocycles. The van der Waals surface area contributed by atoms with Crippen molar-refractivity contribution in [2.45, 2.75) is 6.92 Å². The van der Waals surface area contributed by atoms with Gasteiger partial charge in [-0.3, -0.25) is 14.5 Å². The predicted octanol–water partition coefficient (Wildman–Crippen LogP) is 2.30. The van der Waals surface area contributed by atoms with Gasteiger partial charge in [-0.2, -0.15) is 0 Å². The second kappa shape index (κ2) is 7.87. The molecule has 8 heteroatoms. The van der Waals surface area contributed by atoms with Crippen LogP contribution in [0.4, 0.5) is 4.79 Å². The van der Waals surface area contributed by atoms with Gasteiger partial charge >= 0.3 is 5.97 Å². The van der Waals surface area contributed by atoms with Gasteiger partial charge in [0.25, 0.3) is 11.1 Å². The number of carbonyl (C=O) groups excluding carboxylic acids is 3. The number of carbonyl (C=O) groups is 3. The van der Waals surface area contributed by atoms with Gasteiger partial charge in [-0.1, -0.05) is 6.07 Å². The zero-order valence-corrected chi connectivity index (χ0v) is 14.3. The maximum Gasteiger partial charge on any atom is 0.344 e. The summed E-state index contributed by atoms with van der Waals surface area (Å²) in [6, 6.07) is 4.98. The summed E-state index contributed by atoms with van der Waals surface area (Å²) in [5, 5.41) is -0.312. The number of benzene rings is 1. The van der Waals surface area contributed by atoms with Crippen LogP contribution in [0.1, 0.15) is 12.5 Å². The molecular formula is C16H17NO6S. The number of thioether (sulfide) groups is 1. The Morgan fingerprint density at radius 2 is 2.04 bits per heavy atom. The lowest BCUT2D eigenvalue weighted by atomic mass is 10.2. The molecule has 0 aliphatic carbocycles. The van der Waals surface area contributed by atoms with Crippen LogP contribution in [-0.4, -0.2) is 49.4 Å². The molecule has 0 atom stereocenters. The number of likely N-dealkylation sites (N-methyl/N-ethyl adjacent to an activating group) is 1. The summed E-state index contributed by atoms with van der Waals surface area (Å²) in [5.41, 5.74) is 0.675. The summed E-state index contributed by atoms with van der Waals surface area (Å²) in [7, 11) is 2.90. The van der Waals surface area contributed by atoms with E-state index in [0.717, 1.165) is 16.7 Å². The Morgan fingerprint density at radius 3 is 2.62 bits per heavy atom. The minimum absolute atomic E-state index is 0.224. The molecule has 0 saturated carbocycles. The first kappa shape index (κ1) is 17.9. The van der Waals surface area contributed by atoms with Crippen LogP contribution in [0, 0.1) is 0 Å². The van der Waals surface area contributed by atoms with Crippen LogP contribution in [0.5, 0.6) is 11.5 Å². The number of methoxy groups -OCH3 is 1. The van der Waals surface area contributed by atoms with Crippen molar-refractivity contribution >= 4 is 35.0 Å². The second-order valence-corrected chi connectivity index (χ2v) is 5.74. The molecule has 128 valence electrons. The van der Waals surface area contributed by atoms with Gasteiger partial charge in [0.2, 0.25) is 0 Å². The smallest absolute Gasteiger partial charge is 0.344 e. The molecule has 0 radical (unpaired) electrons. The fraction of sp³-hybridized carbons (Fsp3) is 0.312. The van der Waals surface area contributed by atoms with Gasteiger partial charge in [0, 0.05) is 7.05 Å². The molecular weight excluding hydrogens is 334 g/mol. The summed E-state index contributed by atoms with van der Waals surface area (Å²) in [5.74, 6) is -0.0260. The number of rotatable bonds is 6. The maximum absolute atomic E-state index is 11.9. The topological polar surface area (TPSA) is 82.1 Å². The first-order valence-electron chi connectivity index (χ1n) is 7.14. The van der Waals surface area contributed by atoms with E-state index in [1.165, 1.54) is 14.2 Å². The first-order chi connectivity index (χ1) is 11.5. The number of hydrogen-bond donors (Lipinski definition) is 0. The van der Waals surface area contributed by atoms with E-state index < -0.39 is 5.97 Å². The Labute approximate surface area is 143 Å². The van der Waals surface area contributed by atoms with Crippen molar-refractivity contribution in [1.82, 2.24) is 4.90 Å². The van der Waals surface area contributed by atoms with Crippen LogP contribution in [0.3, 0.4) is 0 Å². The van der Waals surface area contributed by atoms with Gasteiger partial charge in [-0.15, -0.1) is 0 Å². The van der Waals surface area contributed by atoms with E-state index in [1.807, 2.05) is 0 Å². The summed E-state index contributed by atoms with van der Waals surface area (Å²) in [6.07, 6.45) is 1.60. The number of ether oxygens (including phenoxy) is 3. The fourth-order valence-electron chi connectivity index (χ4n) is 1.93. The highest BCUT2D eigenvalue weighted by Crippen LogP contribution is 2.33. The van der Waals surface area contributed by atoms with Gasteiger partial charge in [-0.05, 0) is 42.5 Å². The van der Waals surface area contributed by atoms with Crippen molar-refractivity contribution in [2.75, 3.05) is 27.4 Å². The zero-order valence-electron chi connectivity index (χ0n) is 13.5. The molecule has 0 bridgehead atoms. The van der Waals surface area contributed by atoms with E-state index in [2.05, 4.69) is 0 Å². The molecule has 0 aromatic heterocycles. The third kappa shape index (κ3) is 4.08. The molecule has 24 heavy (non-hydrogen) atoms. The van der Waals surface area contributed by atoms with Crippen LogP contribution < -0.4 is 9.47 Å². The third-order valence-corrected chi connectivity index (χ3v) is 4.08. The van der Waals surface area contributed by atoms with Crippen LogP contribution in [0.2, 0.25) is 0 Å². The molecule has 0 N–H and O–H groups in total. The summed E-state index contributed by atoms with van der Waals surface area (Å²) in [4.78, 5) is 36.1. The van der Waals surface area contributed by atoms with Gasteiger partial charge in [-0.25, -0.2) is 4.79 Å². The Kier molecular flexibility index (Phi) is 5.86. The molecule has 7 nitrogen and oxygen atoms in total. The SMILES string of the molecule is CCOC(=O)COc1ccc(/C=C2/SC(=O)N(C)C2=O)cc1OC. The Morgan fingerprint density at radius 1 is 1.29 bits per heavy atom. The largest absolute Gasteiger partial charge is 0.493 e. The minimum Gasteiger partial charge on any atom is -0.493 e. The van der Waals surface area contributed by atoms with Crippen molar-refractivity contribution in [1.29, 1.82) is 0 Å². The average Bonchev–Trinajstić information content (AvgIpc) is 2.80. The van der Waals surface area contributed by atoms with E-state index >= 15 is 0 Å². The Bertz CT molecular complexity index is 700. The van der Waals surface area contributed by atoms with E-state index in [-0.39, 0.29) is 24.4 Å². The molecule has 0 spiro atoms. The van der Waals surface area contributed by atoms with Crippen molar-refractivity contribution < 1.29 is 28.6 Å². The van der Waals surface area contributed by atoms with E-state index in [4.69, 9.17) is 14.2 Å². The minimum atomic E-state index is -0.472. The standard InChI is InChI=1S/C16H17NO6S/c1-4-22-14(18)9-23-11-6-5-10(7-12(11)21-3)8-13-15(19)17(2)16(20)24-13/h5-8H,4,9H2,1-3H3/b13-8+. The van der Waals surface area contributed by atoms with Gasteiger partial charge in [0.05, 0.1) is 18.6 Å². The molecule has 1 aliphatic heterocycles. The number of amides is 2. The molecule has 2 amide bonds. The average molecular weight is 351 g/mol.